The summed E-state index contributed by atoms with van der Waals surface area (Å²) in [5, 5.41) is 12.7. The molecule has 1 rings (SSSR count). The fourth-order valence-electron chi connectivity index (χ4n) is 0.642. The molecule has 0 fully saturated rings. The topological polar surface area (TPSA) is 125 Å². The van der Waals surface area contributed by atoms with Crippen molar-refractivity contribution in [2.24, 2.45) is 5.73 Å². The van der Waals surface area contributed by atoms with E-state index in [0.29, 0.717) is 0 Å². The number of nitrogens with one attached hydrogen (secondary N) is 3. The molecule has 72 valence electrons. The molecule has 0 aliphatic carbocycles. The Morgan fingerprint density at radius 3 is 2.92 bits per heavy atom. The SMILES string of the molecule is N=C(N)CNS(=O)(=O)c1cn[nH]c1. The quantitative estimate of drug-likeness (QED) is 0.355. The van der Waals surface area contributed by atoms with Gasteiger partial charge >= 0.3 is 0 Å². The first-order valence-corrected chi connectivity index (χ1v) is 4.82. The monoisotopic (exact) mass is 203 g/mol. The molecule has 0 bridgehead atoms. The van der Waals surface area contributed by atoms with E-state index in [0.717, 1.165) is 0 Å². The highest BCUT2D eigenvalue weighted by Gasteiger charge is 2.14. The van der Waals surface area contributed by atoms with Gasteiger partial charge in [-0.15, -0.1) is 0 Å². The van der Waals surface area contributed by atoms with Crippen molar-refractivity contribution in [2.45, 2.75) is 4.90 Å². The summed E-state index contributed by atoms with van der Waals surface area (Å²) < 4.78 is 24.7. The smallest absolute Gasteiger partial charge is 0.244 e. The molecule has 0 aliphatic heterocycles. The average molecular weight is 203 g/mol. The van der Waals surface area contributed by atoms with Gasteiger partial charge in [-0.25, -0.2) is 13.1 Å². The number of rotatable bonds is 4. The van der Waals surface area contributed by atoms with Crippen LogP contribution in [-0.2, 0) is 10.0 Å². The zero-order valence-corrected chi connectivity index (χ0v) is 7.43. The number of aromatic amines is 1. The molecule has 1 aromatic heterocycles. The van der Waals surface area contributed by atoms with E-state index in [1.165, 1.54) is 12.4 Å². The van der Waals surface area contributed by atoms with Gasteiger partial charge in [-0.1, -0.05) is 0 Å². The van der Waals surface area contributed by atoms with E-state index in [4.69, 9.17) is 11.1 Å². The molecule has 0 unspecified atom stereocenters. The van der Waals surface area contributed by atoms with Gasteiger partial charge in [0.05, 0.1) is 12.7 Å². The first-order valence-electron chi connectivity index (χ1n) is 3.34. The predicted molar refractivity (Wildman–Crippen MR) is 45.7 cm³/mol. The van der Waals surface area contributed by atoms with Gasteiger partial charge in [0.1, 0.15) is 10.7 Å². The second kappa shape index (κ2) is 3.54. The molecule has 1 heterocycles. The molecule has 0 radical (unpaired) electrons. The molecule has 13 heavy (non-hydrogen) atoms. The lowest BCUT2D eigenvalue weighted by molar-refractivity contribution is 0.586. The van der Waals surface area contributed by atoms with Crippen molar-refractivity contribution in [2.75, 3.05) is 6.54 Å². The number of amidine groups is 1. The Labute approximate surface area is 74.9 Å². The van der Waals surface area contributed by atoms with E-state index >= 15 is 0 Å². The Kier molecular flexibility index (Phi) is 2.63. The number of nitrogens with two attached hydrogens (primary N) is 1. The first-order chi connectivity index (χ1) is 6.02. The van der Waals surface area contributed by atoms with E-state index in [1.54, 1.807) is 0 Å². The van der Waals surface area contributed by atoms with Crippen LogP contribution in [0.3, 0.4) is 0 Å². The van der Waals surface area contributed by atoms with Crippen LogP contribution in [0.15, 0.2) is 17.3 Å². The minimum absolute atomic E-state index is 0.0220. The van der Waals surface area contributed by atoms with Crippen molar-refractivity contribution in [3.05, 3.63) is 12.4 Å². The zero-order valence-electron chi connectivity index (χ0n) is 6.61. The maximum absolute atomic E-state index is 11.3. The number of sulfonamides is 1. The molecule has 5 N–H and O–H groups in total. The molecule has 0 aromatic carbocycles. The van der Waals surface area contributed by atoms with Crippen molar-refractivity contribution in [3.8, 4) is 0 Å². The van der Waals surface area contributed by atoms with Crippen molar-refractivity contribution in [3.63, 3.8) is 0 Å². The fourth-order valence-corrected chi connectivity index (χ4v) is 1.55. The van der Waals surface area contributed by atoms with Crippen LogP contribution in [0.25, 0.3) is 0 Å². The molecule has 0 spiro atoms. The molecule has 7 nitrogen and oxygen atoms in total. The van der Waals surface area contributed by atoms with Crippen LogP contribution < -0.4 is 10.5 Å². The van der Waals surface area contributed by atoms with Gasteiger partial charge in [-0.3, -0.25) is 10.5 Å². The minimum atomic E-state index is -3.58. The number of hydrogen-bond acceptors (Lipinski definition) is 4. The summed E-state index contributed by atoms with van der Waals surface area (Å²) >= 11 is 0. The third-order valence-electron chi connectivity index (χ3n) is 1.24. The summed E-state index contributed by atoms with van der Waals surface area (Å²) in [5.74, 6) is -0.243. The van der Waals surface area contributed by atoms with Gasteiger partial charge in [0.15, 0.2) is 0 Å². The Balaban J connectivity index is 2.74. The lowest BCUT2D eigenvalue weighted by Gasteiger charge is -2.01. The lowest BCUT2D eigenvalue weighted by Crippen LogP contribution is -2.32. The molecule has 8 heteroatoms. The average Bonchev–Trinajstić information content (AvgIpc) is 2.53. The molecule has 0 saturated heterocycles. The van der Waals surface area contributed by atoms with Gasteiger partial charge in [0.2, 0.25) is 10.0 Å². The van der Waals surface area contributed by atoms with Gasteiger partial charge < -0.3 is 5.73 Å². The van der Waals surface area contributed by atoms with Gasteiger partial charge in [0.25, 0.3) is 0 Å². The zero-order chi connectivity index (χ0) is 9.90. The molecule has 0 saturated carbocycles. The summed E-state index contributed by atoms with van der Waals surface area (Å²) in [6.45, 7) is -0.201. The predicted octanol–water partition coefficient (Wildman–Crippen LogP) is -1.38. The summed E-state index contributed by atoms with van der Waals surface area (Å²) in [6.07, 6.45) is 2.41. The van der Waals surface area contributed by atoms with Crippen LogP contribution in [0.5, 0.6) is 0 Å². The second-order valence-electron chi connectivity index (χ2n) is 2.28. The molecule has 0 amide bonds. The third kappa shape index (κ3) is 2.53. The summed E-state index contributed by atoms with van der Waals surface area (Å²) in [4.78, 5) is 0.0220. The maximum Gasteiger partial charge on any atom is 0.244 e. The summed E-state index contributed by atoms with van der Waals surface area (Å²) in [6, 6.07) is 0. The van der Waals surface area contributed by atoms with Crippen LogP contribution >= 0.6 is 0 Å². The number of aromatic nitrogens is 2. The van der Waals surface area contributed by atoms with Gasteiger partial charge in [-0.05, 0) is 0 Å². The molecular formula is C5H9N5O2S. The lowest BCUT2D eigenvalue weighted by atomic mass is 10.6. The van der Waals surface area contributed by atoms with Gasteiger partial charge in [-0.2, -0.15) is 5.10 Å². The standard InChI is InChI=1S/C5H9N5O2S/c6-5(7)3-10-13(11,12)4-1-8-9-2-4/h1-2,10H,3H2,(H3,6,7)(H,8,9). The Bertz CT molecular complexity index is 381. The van der Waals surface area contributed by atoms with E-state index < -0.39 is 10.0 Å². The number of H-pyrrole nitrogens is 1. The highest BCUT2D eigenvalue weighted by Crippen LogP contribution is 2.02. The third-order valence-corrected chi connectivity index (χ3v) is 2.60. The van der Waals surface area contributed by atoms with E-state index in [-0.39, 0.29) is 17.3 Å². The van der Waals surface area contributed by atoms with Gasteiger partial charge in [0, 0.05) is 6.20 Å². The normalized spacial score (nSPS) is 11.4. The van der Waals surface area contributed by atoms with E-state index in [1.807, 2.05) is 0 Å². The molecule has 0 aliphatic rings. The molecular weight excluding hydrogens is 194 g/mol. The van der Waals surface area contributed by atoms with E-state index in [2.05, 4.69) is 14.9 Å². The van der Waals surface area contributed by atoms with Crippen LogP contribution in [0, 0.1) is 5.41 Å². The fraction of sp³-hybridized carbons (Fsp3) is 0.200. The summed E-state index contributed by atoms with van der Waals surface area (Å²) in [7, 11) is -3.58. The van der Waals surface area contributed by atoms with Crippen molar-refractivity contribution >= 4 is 15.9 Å². The van der Waals surface area contributed by atoms with Crippen LogP contribution in [0.4, 0.5) is 0 Å². The van der Waals surface area contributed by atoms with Crippen LogP contribution in [0.1, 0.15) is 0 Å². The molecule has 0 atom stereocenters. The van der Waals surface area contributed by atoms with E-state index in [9.17, 15) is 8.42 Å². The summed E-state index contributed by atoms with van der Waals surface area (Å²) in [5.41, 5.74) is 4.99. The number of nitrogens with zero attached hydrogens (tertiary/aromatic N) is 1. The first kappa shape index (κ1) is 9.68. The Morgan fingerprint density at radius 2 is 2.46 bits per heavy atom. The van der Waals surface area contributed by atoms with Crippen molar-refractivity contribution in [1.82, 2.24) is 14.9 Å². The highest BCUT2D eigenvalue weighted by atomic mass is 32.2. The highest BCUT2D eigenvalue weighted by molar-refractivity contribution is 7.89. The number of hydrogen-bond donors (Lipinski definition) is 4. The largest absolute Gasteiger partial charge is 0.387 e. The van der Waals surface area contributed by atoms with Crippen molar-refractivity contribution < 1.29 is 8.42 Å². The van der Waals surface area contributed by atoms with Crippen LogP contribution in [0.2, 0.25) is 0 Å². The Morgan fingerprint density at radius 1 is 1.77 bits per heavy atom. The Hall–Kier alpha value is -1.41. The van der Waals surface area contributed by atoms with Crippen LogP contribution in [-0.4, -0.2) is 31.0 Å². The minimum Gasteiger partial charge on any atom is -0.387 e. The maximum atomic E-state index is 11.3. The van der Waals surface area contributed by atoms with Crippen molar-refractivity contribution in [1.29, 1.82) is 5.41 Å². The second-order valence-corrected chi connectivity index (χ2v) is 4.05. The molecule has 1 aromatic rings.